The molecule has 0 bridgehead atoms. The van der Waals surface area contributed by atoms with Gasteiger partial charge in [-0.05, 0) is 42.5 Å². The molecule has 0 saturated carbocycles. The summed E-state index contributed by atoms with van der Waals surface area (Å²) in [4.78, 5) is 28.0. The maximum atomic E-state index is 12.3. The molecule has 1 atom stereocenters. The minimum absolute atomic E-state index is 0.00688. The summed E-state index contributed by atoms with van der Waals surface area (Å²) < 4.78 is 6.68. The highest BCUT2D eigenvalue weighted by Gasteiger charge is 2.22. The summed E-state index contributed by atoms with van der Waals surface area (Å²) in [5, 5.41) is 2.98. The number of hydrogen-bond acceptors (Lipinski definition) is 4. The van der Waals surface area contributed by atoms with Crippen LogP contribution in [0.4, 0.5) is 0 Å². The van der Waals surface area contributed by atoms with Crippen molar-refractivity contribution in [3.63, 3.8) is 0 Å². The Bertz CT molecular complexity index is 771. The van der Waals surface area contributed by atoms with Gasteiger partial charge in [-0.15, -0.1) is 0 Å². The zero-order chi connectivity index (χ0) is 16.9. The molecule has 2 heterocycles. The van der Waals surface area contributed by atoms with Gasteiger partial charge in [0.2, 0.25) is 5.91 Å². The first-order chi connectivity index (χ1) is 11.7. The van der Waals surface area contributed by atoms with Gasteiger partial charge in [0.1, 0.15) is 6.61 Å². The van der Waals surface area contributed by atoms with Gasteiger partial charge in [0.25, 0.3) is 5.56 Å². The molecule has 6 nitrogen and oxygen atoms in total. The Hall–Kier alpha value is -2.47. The summed E-state index contributed by atoms with van der Waals surface area (Å²) in [7, 11) is 1.51. The molecule has 0 spiro atoms. The van der Waals surface area contributed by atoms with E-state index in [0.717, 1.165) is 36.1 Å². The van der Waals surface area contributed by atoms with Crippen molar-refractivity contribution >= 4 is 5.91 Å². The second kappa shape index (κ2) is 7.40. The number of rotatable bonds is 5. The molecule has 0 unspecified atom stereocenters. The largest absolute Gasteiger partial charge is 0.375 e. The fourth-order valence-corrected chi connectivity index (χ4v) is 3.19. The topological polar surface area (TPSA) is 73.2 Å². The van der Waals surface area contributed by atoms with Gasteiger partial charge in [-0.1, -0.05) is 6.07 Å². The first-order valence-corrected chi connectivity index (χ1v) is 8.06. The number of nitrogens with one attached hydrogen (secondary N) is 1. The van der Waals surface area contributed by atoms with Gasteiger partial charge in [0.05, 0.1) is 6.54 Å². The minimum atomic E-state index is -0.101. The maximum absolute atomic E-state index is 12.3. The number of nitrogens with zero attached hydrogens (tertiary/aromatic N) is 2. The van der Waals surface area contributed by atoms with Crippen LogP contribution in [0.2, 0.25) is 0 Å². The summed E-state index contributed by atoms with van der Waals surface area (Å²) in [6.45, 7) is 0.621. The van der Waals surface area contributed by atoms with Crippen molar-refractivity contribution in [2.24, 2.45) is 0 Å². The van der Waals surface area contributed by atoms with Crippen LogP contribution >= 0.6 is 0 Å². The molecule has 0 saturated heterocycles. The van der Waals surface area contributed by atoms with Crippen LogP contribution in [0.15, 0.2) is 41.5 Å². The van der Waals surface area contributed by atoms with Crippen molar-refractivity contribution in [1.29, 1.82) is 0 Å². The number of carbonyl (C=O) groups is 1. The Morgan fingerprint density at radius 2 is 2.12 bits per heavy atom. The number of carbonyl (C=O) groups excluding carboxylic acids is 1. The average molecular weight is 327 g/mol. The van der Waals surface area contributed by atoms with E-state index in [2.05, 4.69) is 10.3 Å². The molecule has 1 amide bonds. The SMILES string of the molecule is COCC(=O)N[C@H]1CCc2c(ccc(=O)n2Cc2ccncc2)C1. The molecule has 1 aliphatic carbocycles. The van der Waals surface area contributed by atoms with E-state index >= 15 is 0 Å². The zero-order valence-electron chi connectivity index (χ0n) is 13.7. The third-order valence-electron chi connectivity index (χ3n) is 4.32. The smallest absolute Gasteiger partial charge is 0.251 e. The highest BCUT2D eigenvalue weighted by Crippen LogP contribution is 2.21. The fraction of sp³-hybridized carbons (Fsp3) is 0.389. The van der Waals surface area contributed by atoms with E-state index in [1.165, 1.54) is 7.11 Å². The monoisotopic (exact) mass is 327 g/mol. The Labute approximate surface area is 140 Å². The lowest BCUT2D eigenvalue weighted by Crippen LogP contribution is -2.42. The van der Waals surface area contributed by atoms with Crippen LogP contribution in [0.1, 0.15) is 23.2 Å². The molecule has 3 rings (SSSR count). The quantitative estimate of drug-likeness (QED) is 0.886. The lowest BCUT2D eigenvalue weighted by atomic mass is 9.91. The standard InChI is InChI=1S/C18H21N3O3/c1-24-12-17(22)20-15-3-4-16-14(10-15)2-5-18(23)21(16)11-13-6-8-19-9-7-13/h2,5-9,15H,3-4,10-12H2,1H3,(H,20,22)/t15-/m0/s1. The molecule has 1 N–H and O–H groups in total. The molecule has 2 aromatic rings. The molecule has 0 radical (unpaired) electrons. The first-order valence-electron chi connectivity index (χ1n) is 8.06. The number of aromatic nitrogens is 2. The van der Waals surface area contributed by atoms with E-state index < -0.39 is 0 Å². The van der Waals surface area contributed by atoms with Crippen LogP contribution in [0.3, 0.4) is 0 Å². The van der Waals surface area contributed by atoms with Crippen LogP contribution < -0.4 is 10.9 Å². The second-order valence-electron chi connectivity index (χ2n) is 6.03. The van der Waals surface area contributed by atoms with Crippen LogP contribution in [0.25, 0.3) is 0 Å². The minimum Gasteiger partial charge on any atom is -0.375 e. The number of methoxy groups -OCH3 is 1. The van der Waals surface area contributed by atoms with Gasteiger partial charge in [-0.3, -0.25) is 14.6 Å². The van der Waals surface area contributed by atoms with Crippen LogP contribution in [0.5, 0.6) is 0 Å². The van der Waals surface area contributed by atoms with Crippen molar-refractivity contribution in [2.75, 3.05) is 13.7 Å². The highest BCUT2D eigenvalue weighted by molar-refractivity contribution is 5.77. The number of hydrogen-bond donors (Lipinski definition) is 1. The second-order valence-corrected chi connectivity index (χ2v) is 6.03. The Morgan fingerprint density at radius 3 is 2.88 bits per heavy atom. The van der Waals surface area contributed by atoms with Gasteiger partial charge >= 0.3 is 0 Å². The van der Waals surface area contributed by atoms with Crippen molar-refractivity contribution in [3.05, 3.63) is 63.8 Å². The number of fused-ring (bicyclic) bond motifs is 1. The molecule has 6 heteroatoms. The van der Waals surface area contributed by atoms with Gasteiger partial charge in [-0.2, -0.15) is 0 Å². The Kier molecular flexibility index (Phi) is 5.05. The molecule has 0 fully saturated rings. The first kappa shape index (κ1) is 16.4. The van der Waals surface area contributed by atoms with Crippen LogP contribution in [-0.4, -0.2) is 35.2 Å². The molecular weight excluding hydrogens is 306 g/mol. The van der Waals surface area contributed by atoms with Crippen molar-refractivity contribution in [3.8, 4) is 0 Å². The lowest BCUT2D eigenvalue weighted by Gasteiger charge is -2.27. The van der Waals surface area contributed by atoms with Crippen LogP contribution in [-0.2, 0) is 28.9 Å². The van der Waals surface area contributed by atoms with Crippen molar-refractivity contribution in [2.45, 2.75) is 31.8 Å². The summed E-state index contributed by atoms with van der Waals surface area (Å²) in [6.07, 6.45) is 5.80. The molecule has 2 aromatic heterocycles. The fourth-order valence-electron chi connectivity index (χ4n) is 3.19. The van der Waals surface area contributed by atoms with E-state index in [1.807, 2.05) is 22.8 Å². The van der Waals surface area contributed by atoms with E-state index in [0.29, 0.717) is 6.54 Å². The number of pyridine rings is 2. The third-order valence-corrected chi connectivity index (χ3v) is 4.32. The van der Waals surface area contributed by atoms with Crippen LogP contribution in [0, 0.1) is 0 Å². The average Bonchev–Trinajstić information content (AvgIpc) is 2.58. The van der Waals surface area contributed by atoms with Crippen molar-refractivity contribution < 1.29 is 9.53 Å². The summed E-state index contributed by atoms with van der Waals surface area (Å²) >= 11 is 0. The predicted octanol–water partition coefficient (Wildman–Crippen LogP) is 0.911. The van der Waals surface area contributed by atoms with Gasteiger partial charge in [0.15, 0.2) is 0 Å². The highest BCUT2D eigenvalue weighted by atomic mass is 16.5. The molecule has 24 heavy (non-hydrogen) atoms. The van der Waals surface area contributed by atoms with Gasteiger partial charge < -0.3 is 14.6 Å². The summed E-state index contributed by atoms with van der Waals surface area (Å²) in [5.74, 6) is -0.101. The summed E-state index contributed by atoms with van der Waals surface area (Å²) in [6, 6.07) is 7.42. The Morgan fingerprint density at radius 1 is 1.33 bits per heavy atom. The lowest BCUT2D eigenvalue weighted by molar-refractivity contribution is -0.125. The third kappa shape index (κ3) is 3.71. The molecular formula is C18H21N3O3. The predicted molar refractivity (Wildman–Crippen MR) is 89.9 cm³/mol. The van der Waals surface area contributed by atoms with E-state index in [9.17, 15) is 9.59 Å². The molecule has 0 aliphatic heterocycles. The summed E-state index contributed by atoms with van der Waals surface area (Å²) in [5.41, 5.74) is 3.25. The number of amides is 1. The molecule has 126 valence electrons. The molecule has 0 aromatic carbocycles. The van der Waals surface area contributed by atoms with E-state index in [1.54, 1.807) is 18.5 Å². The zero-order valence-corrected chi connectivity index (χ0v) is 13.7. The Balaban J connectivity index is 1.80. The van der Waals surface area contributed by atoms with E-state index in [-0.39, 0.29) is 24.1 Å². The number of ether oxygens (including phenoxy) is 1. The van der Waals surface area contributed by atoms with Crippen molar-refractivity contribution in [1.82, 2.24) is 14.9 Å². The molecule has 1 aliphatic rings. The van der Waals surface area contributed by atoms with Gasteiger partial charge in [-0.25, -0.2) is 0 Å². The maximum Gasteiger partial charge on any atom is 0.251 e. The van der Waals surface area contributed by atoms with Gasteiger partial charge in [0, 0.05) is 37.3 Å². The normalized spacial score (nSPS) is 16.5. The van der Waals surface area contributed by atoms with E-state index in [4.69, 9.17) is 4.74 Å².